The Morgan fingerprint density at radius 2 is 1.04 bits per heavy atom. The summed E-state index contributed by atoms with van der Waals surface area (Å²) in [7, 11) is 0. The summed E-state index contributed by atoms with van der Waals surface area (Å²) in [5.74, 6) is 1.86. The van der Waals surface area contributed by atoms with Crippen LogP contribution >= 0.6 is 0 Å². The highest BCUT2D eigenvalue weighted by Crippen LogP contribution is 2.39. The van der Waals surface area contributed by atoms with E-state index in [0.717, 1.165) is 0 Å². The van der Waals surface area contributed by atoms with Crippen molar-refractivity contribution in [2.75, 3.05) is 0 Å². The molecule has 23 heavy (non-hydrogen) atoms. The van der Waals surface area contributed by atoms with Gasteiger partial charge in [0.25, 0.3) is 0 Å². The van der Waals surface area contributed by atoms with Crippen molar-refractivity contribution in [1.82, 2.24) is 0 Å². The lowest BCUT2D eigenvalue weighted by Crippen LogP contribution is -2.18. The van der Waals surface area contributed by atoms with E-state index < -0.39 is 0 Å². The van der Waals surface area contributed by atoms with Gasteiger partial charge in [0.1, 0.15) is 0 Å². The second-order valence-electron chi connectivity index (χ2n) is 8.57. The van der Waals surface area contributed by atoms with E-state index in [2.05, 4.69) is 87.4 Å². The molecule has 0 aliphatic rings. The molecule has 0 saturated heterocycles. The van der Waals surface area contributed by atoms with E-state index in [1.165, 1.54) is 36.0 Å². The lowest BCUT2D eigenvalue weighted by Gasteiger charge is -2.31. The molecule has 0 spiro atoms. The Hall–Kier alpha value is -0.780. The topological polar surface area (TPSA) is 0 Å². The van der Waals surface area contributed by atoms with Crippen LogP contribution in [0.3, 0.4) is 0 Å². The lowest BCUT2D eigenvalue weighted by molar-refractivity contribution is 0.312. The van der Waals surface area contributed by atoms with Crippen molar-refractivity contribution in [3.8, 4) is 0 Å². The second kappa shape index (κ2) is 10.2. The second-order valence-corrected chi connectivity index (χ2v) is 8.57. The van der Waals surface area contributed by atoms with Gasteiger partial charge in [0.05, 0.1) is 0 Å². The van der Waals surface area contributed by atoms with Crippen molar-refractivity contribution in [2.45, 2.75) is 106 Å². The number of unbranched alkanes of at least 4 members (excludes halogenated alkanes) is 1. The Kier molecular flexibility index (Phi) is 9.82. The van der Waals surface area contributed by atoms with Gasteiger partial charge in [-0.3, -0.25) is 0 Å². The monoisotopic (exact) mass is 318 g/mol. The van der Waals surface area contributed by atoms with Gasteiger partial charge < -0.3 is 0 Å². The van der Waals surface area contributed by atoms with Crippen LogP contribution in [-0.2, 0) is 0 Å². The predicted molar refractivity (Wildman–Crippen MR) is 108 cm³/mol. The molecule has 0 bridgehead atoms. The fraction of sp³-hybridized carbons (Fsp3) is 0.739. The fourth-order valence-corrected chi connectivity index (χ4v) is 2.92. The Bertz CT molecular complexity index is 404. The number of hydrogen-bond donors (Lipinski definition) is 0. The third-order valence-corrected chi connectivity index (χ3v) is 4.69. The molecule has 0 fully saturated rings. The van der Waals surface area contributed by atoms with Gasteiger partial charge in [0.15, 0.2) is 0 Å². The smallest absolute Gasteiger partial charge is 0.0116 e. The molecular weight excluding hydrogens is 276 g/mol. The minimum atomic E-state index is 0.332. The van der Waals surface area contributed by atoms with E-state index in [9.17, 15) is 0 Å². The molecule has 0 heteroatoms. The molecule has 134 valence electrons. The molecule has 1 rings (SSSR count). The van der Waals surface area contributed by atoms with Gasteiger partial charge in [-0.1, -0.05) is 100 Å². The third kappa shape index (κ3) is 7.55. The van der Waals surface area contributed by atoms with Crippen LogP contribution in [-0.4, -0.2) is 0 Å². The zero-order chi connectivity index (χ0) is 18.2. The van der Waals surface area contributed by atoms with Gasteiger partial charge in [0, 0.05) is 0 Å². The fourth-order valence-electron chi connectivity index (χ4n) is 2.92. The predicted octanol–water partition coefficient (Wildman–Crippen LogP) is 8.28. The van der Waals surface area contributed by atoms with Crippen LogP contribution in [0.1, 0.15) is 123 Å². The standard InChI is InChI=1S/C19H32.C4H10/c1-9-18(19(6,7)8)17-11-15(13(2)3)10-16(12-17)14(4)5;1-3-4-2/h10-14,18H,9H2,1-8H3;3-4H2,1-2H3. The minimum Gasteiger partial charge on any atom is -0.0654 e. The van der Waals surface area contributed by atoms with Crippen LogP contribution in [0, 0.1) is 5.41 Å². The molecule has 0 aliphatic carbocycles. The van der Waals surface area contributed by atoms with E-state index in [4.69, 9.17) is 0 Å². The molecule has 0 aromatic heterocycles. The normalized spacial score (nSPS) is 13.0. The molecule has 1 aromatic carbocycles. The van der Waals surface area contributed by atoms with Crippen molar-refractivity contribution in [3.05, 3.63) is 34.9 Å². The molecular formula is C23H42. The largest absolute Gasteiger partial charge is 0.0654 e. The highest BCUT2D eigenvalue weighted by molar-refractivity contribution is 5.36. The average molecular weight is 319 g/mol. The molecule has 1 atom stereocenters. The van der Waals surface area contributed by atoms with Gasteiger partial charge in [-0.15, -0.1) is 0 Å². The van der Waals surface area contributed by atoms with E-state index in [0.29, 0.717) is 23.2 Å². The maximum Gasteiger partial charge on any atom is -0.0116 e. The SMILES string of the molecule is CCC(c1cc(C(C)C)cc(C(C)C)c1)C(C)(C)C.CCCC. The van der Waals surface area contributed by atoms with Crippen molar-refractivity contribution >= 4 is 0 Å². The van der Waals surface area contributed by atoms with E-state index in [1.807, 2.05) is 0 Å². The molecule has 0 nitrogen and oxygen atoms in total. The summed E-state index contributed by atoms with van der Waals surface area (Å²) in [4.78, 5) is 0. The summed E-state index contributed by atoms with van der Waals surface area (Å²) >= 11 is 0. The van der Waals surface area contributed by atoms with Crippen LogP contribution in [0.25, 0.3) is 0 Å². The zero-order valence-corrected chi connectivity index (χ0v) is 17.6. The molecule has 0 amide bonds. The van der Waals surface area contributed by atoms with Crippen LogP contribution in [0.4, 0.5) is 0 Å². The van der Waals surface area contributed by atoms with Crippen molar-refractivity contribution in [3.63, 3.8) is 0 Å². The summed E-state index contributed by atoms with van der Waals surface area (Å²) in [5.41, 5.74) is 4.84. The van der Waals surface area contributed by atoms with Gasteiger partial charge in [-0.05, 0) is 46.3 Å². The summed E-state index contributed by atoms with van der Waals surface area (Å²) in [6.07, 6.45) is 3.85. The van der Waals surface area contributed by atoms with Crippen molar-refractivity contribution in [1.29, 1.82) is 0 Å². The van der Waals surface area contributed by atoms with Crippen LogP contribution in [0.15, 0.2) is 18.2 Å². The summed E-state index contributed by atoms with van der Waals surface area (Å²) in [6, 6.07) is 7.28. The number of benzene rings is 1. The van der Waals surface area contributed by atoms with Gasteiger partial charge >= 0.3 is 0 Å². The maximum absolute atomic E-state index is 2.44. The first-order chi connectivity index (χ1) is 10.6. The maximum atomic E-state index is 2.44. The number of hydrogen-bond acceptors (Lipinski definition) is 0. The zero-order valence-electron chi connectivity index (χ0n) is 17.6. The Morgan fingerprint density at radius 3 is 1.26 bits per heavy atom. The molecule has 1 aromatic rings. The van der Waals surface area contributed by atoms with E-state index >= 15 is 0 Å². The van der Waals surface area contributed by atoms with Gasteiger partial charge in [-0.25, -0.2) is 0 Å². The van der Waals surface area contributed by atoms with E-state index in [-0.39, 0.29) is 0 Å². The van der Waals surface area contributed by atoms with Gasteiger partial charge in [-0.2, -0.15) is 0 Å². The molecule has 0 radical (unpaired) electrons. The highest BCUT2D eigenvalue weighted by atomic mass is 14.3. The molecule has 0 N–H and O–H groups in total. The van der Waals surface area contributed by atoms with Crippen molar-refractivity contribution < 1.29 is 0 Å². The minimum absolute atomic E-state index is 0.332. The first kappa shape index (κ1) is 22.2. The van der Waals surface area contributed by atoms with Gasteiger partial charge in [0.2, 0.25) is 0 Å². The summed E-state index contributed by atoms with van der Waals surface area (Å²) in [5, 5.41) is 0. The Morgan fingerprint density at radius 1 is 0.696 bits per heavy atom. The molecule has 1 unspecified atom stereocenters. The van der Waals surface area contributed by atoms with Crippen LogP contribution in [0.5, 0.6) is 0 Å². The number of rotatable bonds is 5. The molecule has 0 saturated carbocycles. The van der Waals surface area contributed by atoms with E-state index in [1.54, 1.807) is 0 Å². The summed E-state index contributed by atoms with van der Waals surface area (Å²) < 4.78 is 0. The van der Waals surface area contributed by atoms with Crippen LogP contribution < -0.4 is 0 Å². The quantitative estimate of drug-likeness (QED) is 0.512. The third-order valence-electron chi connectivity index (χ3n) is 4.69. The summed E-state index contributed by atoms with van der Waals surface area (Å²) in [6.45, 7) is 22.9. The molecule has 0 aliphatic heterocycles. The molecule has 0 heterocycles. The highest BCUT2D eigenvalue weighted by Gasteiger charge is 2.25. The first-order valence-electron chi connectivity index (χ1n) is 9.73. The van der Waals surface area contributed by atoms with Crippen LogP contribution in [0.2, 0.25) is 0 Å². The van der Waals surface area contributed by atoms with Crippen molar-refractivity contribution in [2.24, 2.45) is 5.41 Å². The Labute approximate surface area is 147 Å². The lowest BCUT2D eigenvalue weighted by atomic mass is 9.73. The average Bonchev–Trinajstić information content (AvgIpc) is 2.46. The first-order valence-corrected chi connectivity index (χ1v) is 9.73. The Balaban J connectivity index is 0.00000108.